The molecule has 0 saturated carbocycles. The third kappa shape index (κ3) is 4.49. The Labute approximate surface area is 180 Å². The van der Waals surface area contributed by atoms with E-state index in [0.717, 1.165) is 5.01 Å². The molecule has 2 rings (SSSR count). The van der Waals surface area contributed by atoms with Crippen LogP contribution in [0.1, 0.15) is 37.0 Å². The molecule has 0 atom stereocenters. The van der Waals surface area contributed by atoms with Crippen molar-refractivity contribution < 1.29 is 0 Å². The second-order valence-corrected chi connectivity index (χ2v) is 8.76. The number of hydrogen-bond donors (Lipinski definition) is 0. The van der Waals surface area contributed by atoms with E-state index < -0.39 is 0 Å². The van der Waals surface area contributed by atoms with Crippen LogP contribution < -0.4 is 0 Å². The highest BCUT2D eigenvalue weighted by molar-refractivity contribution is 7.10. The molecule has 0 saturated heterocycles. The molecule has 2 aromatic rings. The van der Waals surface area contributed by atoms with Crippen LogP contribution in [0.4, 0.5) is 0 Å². The van der Waals surface area contributed by atoms with E-state index in [0.29, 0.717) is 40.8 Å². The van der Waals surface area contributed by atoms with E-state index in [1.54, 1.807) is 19.2 Å². The molecule has 0 spiro atoms. The van der Waals surface area contributed by atoms with Gasteiger partial charge in [0.05, 0.1) is 22.0 Å². The molecule has 0 fully saturated rings. The standard InChI is InChI=1S/C20H23Cl2N5S/c1-7-9-27(10-8-2)16(15-17(21)25-26(6)18(15)22)13(11-23)14-12-28-19(24-14)20(3,4)5/h7-8,12H,1-2,9-10H2,3-6H3. The Balaban J connectivity index is 2.83. The molecular weight excluding hydrogens is 413 g/mol. The first-order valence-corrected chi connectivity index (χ1v) is 10.2. The summed E-state index contributed by atoms with van der Waals surface area (Å²) in [6.07, 6.45) is 3.50. The zero-order chi connectivity index (χ0) is 21.1. The number of nitrogens with zero attached hydrogens (tertiary/aromatic N) is 5. The molecule has 5 nitrogen and oxygen atoms in total. The third-order valence-electron chi connectivity index (χ3n) is 3.94. The molecule has 8 heteroatoms. The molecule has 148 valence electrons. The van der Waals surface area contributed by atoms with Crippen molar-refractivity contribution in [2.24, 2.45) is 7.05 Å². The lowest BCUT2D eigenvalue weighted by molar-refractivity contribution is 0.489. The lowest BCUT2D eigenvalue weighted by atomic mass is 9.98. The topological polar surface area (TPSA) is 57.7 Å². The molecule has 0 N–H and O–H groups in total. The van der Waals surface area contributed by atoms with Crippen molar-refractivity contribution in [3.8, 4) is 6.07 Å². The van der Waals surface area contributed by atoms with Crippen LogP contribution in [-0.2, 0) is 12.5 Å². The van der Waals surface area contributed by atoms with Crippen LogP contribution >= 0.6 is 34.5 Å². The van der Waals surface area contributed by atoms with Crippen LogP contribution in [0.5, 0.6) is 0 Å². The third-order valence-corrected chi connectivity index (χ3v) is 5.90. The first-order chi connectivity index (χ1) is 13.1. The van der Waals surface area contributed by atoms with Gasteiger partial charge in [0, 0.05) is 30.9 Å². The summed E-state index contributed by atoms with van der Waals surface area (Å²) in [5.41, 5.74) is 1.91. The van der Waals surface area contributed by atoms with Crippen LogP contribution in [0.2, 0.25) is 10.3 Å². The molecule has 0 aliphatic rings. The average molecular weight is 436 g/mol. The molecule has 0 aromatic carbocycles. The van der Waals surface area contributed by atoms with Gasteiger partial charge in [0.25, 0.3) is 0 Å². The number of aromatic nitrogens is 3. The summed E-state index contributed by atoms with van der Waals surface area (Å²) in [5.74, 6) is 0. The lowest BCUT2D eigenvalue weighted by Crippen LogP contribution is -2.24. The maximum absolute atomic E-state index is 10.1. The largest absolute Gasteiger partial charge is 0.362 e. The summed E-state index contributed by atoms with van der Waals surface area (Å²) in [5, 5.41) is 17.7. The van der Waals surface area contributed by atoms with Crippen LogP contribution in [0.25, 0.3) is 11.3 Å². The van der Waals surface area contributed by atoms with E-state index in [1.807, 2.05) is 10.3 Å². The summed E-state index contributed by atoms with van der Waals surface area (Å²) in [6, 6.07) is 2.30. The molecular formula is C20H23Cl2N5S. The van der Waals surface area contributed by atoms with Gasteiger partial charge < -0.3 is 4.90 Å². The minimum absolute atomic E-state index is 0.116. The minimum atomic E-state index is -0.116. The first kappa shape index (κ1) is 22.2. The highest BCUT2D eigenvalue weighted by Gasteiger charge is 2.27. The van der Waals surface area contributed by atoms with E-state index in [1.165, 1.54) is 16.0 Å². The maximum Gasteiger partial charge on any atom is 0.162 e. The second kappa shape index (κ2) is 8.95. The lowest BCUT2D eigenvalue weighted by Gasteiger charge is -2.26. The van der Waals surface area contributed by atoms with Crippen LogP contribution in [0.3, 0.4) is 0 Å². The SMILES string of the molecule is C=CCN(CC=C)C(=C(C#N)c1csc(C(C)(C)C)n1)c1c(Cl)nn(C)c1Cl. The average Bonchev–Trinajstić information content (AvgIpc) is 3.19. The van der Waals surface area contributed by atoms with Gasteiger partial charge in [-0.3, -0.25) is 4.68 Å². The number of aryl methyl sites for hydroxylation is 1. The van der Waals surface area contributed by atoms with Crippen molar-refractivity contribution in [2.75, 3.05) is 13.1 Å². The van der Waals surface area contributed by atoms with Crippen molar-refractivity contribution in [1.82, 2.24) is 19.7 Å². The zero-order valence-electron chi connectivity index (χ0n) is 16.5. The molecule has 0 radical (unpaired) electrons. The first-order valence-electron chi connectivity index (χ1n) is 8.61. The zero-order valence-corrected chi connectivity index (χ0v) is 18.8. The number of nitriles is 1. The molecule has 0 aliphatic heterocycles. The fourth-order valence-corrected chi connectivity index (χ4v) is 4.10. The highest BCUT2D eigenvalue weighted by atomic mass is 35.5. The molecule has 28 heavy (non-hydrogen) atoms. The van der Waals surface area contributed by atoms with E-state index in [4.69, 9.17) is 28.2 Å². The number of rotatable bonds is 7. The van der Waals surface area contributed by atoms with Crippen molar-refractivity contribution in [2.45, 2.75) is 26.2 Å². The quantitative estimate of drug-likeness (QED) is 0.422. The van der Waals surface area contributed by atoms with Crippen LogP contribution in [0.15, 0.2) is 30.7 Å². The Morgan fingerprint density at radius 3 is 2.32 bits per heavy atom. The molecule has 2 aromatic heterocycles. The van der Waals surface area contributed by atoms with Crippen LogP contribution in [-0.4, -0.2) is 32.8 Å². The van der Waals surface area contributed by atoms with Crippen molar-refractivity contribution in [1.29, 1.82) is 5.26 Å². The predicted molar refractivity (Wildman–Crippen MR) is 118 cm³/mol. The van der Waals surface area contributed by atoms with Gasteiger partial charge in [-0.2, -0.15) is 10.4 Å². The molecule has 2 heterocycles. The van der Waals surface area contributed by atoms with Crippen molar-refractivity contribution in [3.63, 3.8) is 0 Å². The highest BCUT2D eigenvalue weighted by Crippen LogP contribution is 2.38. The van der Waals surface area contributed by atoms with E-state index >= 15 is 0 Å². The van der Waals surface area contributed by atoms with E-state index in [2.05, 4.69) is 45.1 Å². The van der Waals surface area contributed by atoms with Gasteiger partial charge in [0.2, 0.25) is 0 Å². The summed E-state index contributed by atoms with van der Waals surface area (Å²) >= 11 is 14.4. The number of thiazole rings is 1. The predicted octanol–water partition coefficient (Wildman–Crippen LogP) is 5.55. The molecule has 0 bridgehead atoms. The second-order valence-electron chi connectivity index (χ2n) is 7.19. The summed E-state index contributed by atoms with van der Waals surface area (Å²) < 4.78 is 1.48. The van der Waals surface area contributed by atoms with Gasteiger partial charge >= 0.3 is 0 Å². The fourth-order valence-electron chi connectivity index (χ4n) is 2.64. The Morgan fingerprint density at radius 2 is 1.93 bits per heavy atom. The Kier molecular flexibility index (Phi) is 7.11. The summed E-state index contributed by atoms with van der Waals surface area (Å²) in [6.45, 7) is 14.9. The summed E-state index contributed by atoms with van der Waals surface area (Å²) in [4.78, 5) is 6.65. The molecule has 0 amide bonds. The van der Waals surface area contributed by atoms with Crippen molar-refractivity contribution >= 4 is 45.8 Å². The summed E-state index contributed by atoms with van der Waals surface area (Å²) in [7, 11) is 1.70. The Hall–Kier alpha value is -2.07. The van der Waals surface area contributed by atoms with Gasteiger partial charge in [-0.05, 0) is 0 Å². The number of allylic oxidation sites excluding steroid dienone is 1. The van der Waals surface area contributed by atoms with Gasteiger partial charge in [-0.15, -0.1) is 24.5 Å². The fraction of sp³-hybridized carbons (Fsp3) is 0.350. The molecule has 0 unspecified atom stereocenters. The number of hydrogen-bond acceptors (Lipinski definition) is 5. The normalized spacial score (nSPS) is 12.3. The monoisotopic (exact) mass is 435 g/mol. The van der Waals surface area contributed by atoms with E-state index in [9.17, 15) is 5.26 Å². The number of halogens is 2. The van der Waals surface area contributed by atoms with E-state index in [-0.39, 0.29) is 10.6 Å². The smallest absolute Gasteiger partial charge is 0.162 e. The minimum Gasteiger partial charge on any atom is -0.362 e. The van der Waals surface area contributed by atoms with Crippen LogP contribution in [0, 0.1) is 11.3 Å². The van der Waals surface area contributed by atoms with Crippen molar-refractivity contribution in [3.05, 3.63) is 57.3 Å². The molecule has 0 aliphatic carbocycles. The Bertz CT molecular complexity index is 946. The van der Waals surface area contributed by atoms with Gasteiger partial charge in [0.1, 0.15) is 16.8 Å². The van der Waals surface area contributed by atoms with Gasteiger partial charge in [0.15, 0.2) is 5.15 Å². The maximum atomic E-state index is 10.1. The Morgan fingerprint density at radius 1 is 1.32 bits per heavy atom. The van der Waals surface area contributed by atoms with Gasteiger partial charge in [-0.25, -0.2) is 4.98 Å². The van der Waals surface area contributed by atoms with Gasteiger partial charge in [-0.1, -0.05) is 56.1 Å².